The number of ether oxygens (including phenoxy) is 1. The van der Waals surface area contributed by atoms with Gasteiger partial charge in [0.25, 0.3) is 5.91 Å². The van der Waals surface area contributed by atoms with Crippen LogP contribution in [0.5, 0.6) is 0 Å². The average molecular weight is 428 g/mol. The summed E-state index contributed by atoms with van der Waals surface area (Å²) in [4.78, 5) is 26.6. The van der Waals surface area contributed by atoms with Crippen molar-refractivity contribution in [2.45, 2.75) is 38.8 Å². The van der Waals surface area contributed by atoms with Crippen molar-refractivity contribution >= 4 is 11.7 Å². The number of rotatable bonds is 11. The summed E-state index contributed by atoms with van der Waals surface area (Å²) in [5, 5.41) is 0. The van der Waals surface area contributed by atoms with E-state index in [2.05, 4.69) is 18.2 Å². The largest absolute Gasteiger partial charge is 0.369 e. The molecule has 3 aromatic rings. The van der Waals surface area contributed by atoms with Gasteiger partial charge in [-0.05, 0) is 47.2 Å². The predicted molar refractivity (Wildman–Crippen MR) is 126 cm³/mol. The van der Waals surface area contributed by atoms with Crippen LogP contribution in [0.25, 0.3) is 11.1 Å². The van der Waals surface area contributed by atoms with Gasteiger partial charge in [0, 0.05) is 25.1 Å². The second kappa shape index (κ2) is 10.9. The van der Waals surface area contributed by atoms with E-state index < -0.39 is 0 Å². The Morgan fingerprint density at radius 3 is 2.38 bits per heavy atom. The molecule has 0 aromatic heterocycles. The number of carbonyl (C=O) groups is 2. The molecule has 0 N–H and O–H groups in total. The molecule has 0 unspecified atom stereocenters. The Labute approximate surface area is 189 Å². The molecule has 0 aliphatic carbocycles. The fourth-order valence-electron chi connectivity index (χ4n) is 4.10. The molecule has 4 heteroatoms. The summed E-state index contributed by atoms with van der Waals surface area (Å²) >= 11 is 0. The number of hydrogen-bond donors (Lipinski definition) is 0. The summed E-state index contributed by atoms with van der Waals surface area (Å²) in [5.74, 6) is 0.254. The van der Waals surface area contributed by atoms with Crippen LogP contribution >= 0.6 is 0 Å². The number of fused-ring (bicyclic) bond motifs is 1. The second-order valence-corrected chi connectivity index (χ2v) is 8.29. The Balaban J connectivity index is 1.15. The van der Waals surface area contributed by atoms with Crippen LogP contribution < -0.4 is 0 Å². The van der Waals surface area contributed by atoms with E-state index in [-0.39, 0.29) is 18.3 Å². The molecule has 1 aliphatic heterocycles. The van der Waals surface area contributed by atoms with Gasteiger partial charge in [-0.15, -0.1) is 0 Å². The summed E-state index contributed by atoms with van der Waals surface area (Å²) in [7, 11) is 0. The lowest BCUT2D eigenvalue weighted by atomic mass is 10.0. The molecule has 0 radical (unpaired) electrons. The first-order valence-electron chi connectivity index (χ1n) is 11.3. The highest BCUT2D eigenvalue weighted by Crippen LogP contribution is 2.28. The lowest BCUT2D eigenvalue weighted by Gasteiger charge is -2.15. The fraction of sp³-hybridized carbons (Fsp3) is 0.286. The monoisotopic (exact) mass is 427 g/mol. The number of Topliss-reactive ketones (excluding diaryl/α,β-unsaturated/α-hetero) is 1. The third-order valence-corrected chi connectivity index (χ3v) is 5.85. The predicted octanol–water partition coefficient (Wildman–Crippen LogP) is 5.66. The molecular formula is C28H29NO3. The van der Waals surface area contributed by atoms with Crippen molar-refractivity contribution in [3.8, 4) is 11.1 Å². The lowest BCUT2D eigenvalue weighted by molar-refractivity contribution is -0.124. The lowest BCUT2D eigenvalue weighted by Crippen LogP contribution is -2.24. The molecule has 3 aromatic carbocycles. The highest BCUT2D eigenvalue weighted by Gasteiger charge is 2.26. The fourth-order valence-corrected chi connectivity index (χ4v) is 4.10. The smallest absolute Gasteiger partial charge is 0.254 e. The summed E-state index contributed by atoms with van der Waals surface area (Å²) in [5.41, 5.74) is 5.30. The molecule has 1 amide bonds. The third-order valence-electron chi connectivity index (χ3n) is 5.85. The van der Waals surface area contributed by atoms with Gasteiger partial charge in [0.15, 0.2) is 5.78 Å². The Morgan fingerprint density at radius 1 is 0.844 bits per heavy atom. The normalized spacial score (nSPS) is 12.8. The van der Waals surface area contributed by atoms with Crippen LogP contribution in [-0.4, -0.2) is 29.7 Å². The third kappa shape index (κ3) is 5.71. The quantitative estimate of drug-likeness (QED) is 0.371. The van der Waals surface area contributed by atoms with Crippen LogP contribution in [0.2, 0.25) is 0 Å². The van der Waals surface area contributed by atoms with E-state index in [9.17, 15) is 9.59 Å². The number of amides is 1. The summed E-state index contributed by atoms with van der Waals surface area (Å²) < 4.78 is 5.51. The van der Waals surface area contributed by atoms with E-state index in [1.54, 1.807) is 0 Å². The van der Waals surface area contributed by atoms with Crippen molar-refractivity contribution < 1.29 is 14.3 Å². The van der Waals surface area contributed by atoms with Gasteiger partial charge in [0.05, 0.1) is 6.61 Å². The van der Waals surface area contributed by atoms with Crippen LogP contribution in [0.4, 0.5) is 0 Å². The minimum atomic E-state index is 0.116. The molecule has 4 rings (SSSR count). The Morgan fingerprint density at radius 2 is 1.59 bits per heavy atom. The highest BCUT2D eigenvalue weighted by molar-refractivity contribution is 5.99. The van der Waals surface area contributed by atoms with Crippen molar-refractivity contribution in [3.05, 3.63) is 95.6 Å². The Bertz CT molecular complexity index is 1050. The first kappa shape index (κ1) is 22.0. The molecule has 0 spiro atoms. The van der Waals surface area contributed by atoms with Crippen molar-refractivity contribution in [3.63, 3.8) is 0 Å². The maximum absolute atomic E-state index is 12.7. The Hall–Kier alpha value is -3.24. The van der Waals surface area contributed by atoms with E-state index >= 15 is 0 Å². The number of carbonyl (C=O) groups excluding carboxylic acids is 2. The van der Waals surface area contributed by atoms with Crippen molar-refractivity contribution in [1.29, 1.82) is 0 Å². The van der Waals surface area contributed by atoms with Gasteiger partial charge in [-0.1, -0.05) is 73.2 Å². The maximum atomic E-state index is 12.7. The van der Waals surface area contributed by atoms with E-state index in [0.717, 1.165) is 48.1 Å². The minimum Gasteiger partial charge on any atom is -0.369 e. The molecule has 32 heavy (non-hydrogen) atoms. The van der Waals surface area contributed by atoms with Gasteiger partial charge in [-0.2, -0.15) is 0 Å². The minimum absolute atomic E-state index is 0.116. The first-order chi connectivity index (χ1) is 15.7. The molecule has 0 saturated heterocycles. The van der Waals surface area contributed by atoms with Crippen LogP contribution in [0, 0.1) is 0 Å². The molecule has 164 valence electrons. The number of hydrogen-bond acceptors (Lipinski definition) is 3. The number of ketones is 1. The standard InChI is InChI=1S/C28H29NO3/c30-26(21-32-20-22-10-4-1-5-11-22)14-8-3-9-17-29-19-25-18-24(15-16-27(25)28(29)31)23-12-6-2-7-13-23/h1-2,4-7,10-13,15-16,18H,3,8-9,14,17,19-21H2. The van der Waals surface area contributed by atoms with E-state index in [1.807, 2.05) is 65.6 Å². The zero-order chi connectivity index (χ0) is 22.2. The summed E-state index contributed by atoms with van der Waals surface area (Å²) in [6.45, 7) is 2.03. The highest BCUT2D eigenvalue weighted by atomic mass is 16.5. The van der Waals surface area contributed by atoms with Crippen LogP contribution in [-0.2, 0) is 22.7 Å². The summed E-state index contributed by atoms with van der Waals surface area (Å²) in [6, 6.07) is 26.2. The first-order valence-corrected chi connectivity index (χ1v) is 11.3. The van der Waals surface area contributed by atoms with Gasteiger partial charge < -0.3 is 9.64 Å². The van der Waals surface area contributed by atoms with E-state index in [0.29, 0.717) is 19.6 Å². The van der Waals surface area contributed by atoms with Crippen molar-refractivity contribution in [1.82, 2.24) is 4.90 Å². The van der Waals surface area contributed by atoms with Crippen LogP contribution in [0.3, 0.4) is 0 Å². The van der Waals surface area contributed by atoms with Gasteiger partial charge in [-0.3, -0.25) is 9.59 Å². The number of nitrogens with zero attached hydrogens (tertiary/aromatic N) is 1. The molecule has 0 atom stereocenters. The SMILES string of the molecule is O=C(CCCCCN1Cc2cc(-c3ccccc3)ccc2C1=O)COCc1ccccc1. The second-order valence-electron chi connectivity index (χ2n) is 8.29. The molecule has 1 heterocycles. The molecule has 0 saturated carbocycles. The zero-order valence-corrected chi connectivity index (χ0v) is 18.3. The molecule has 0 bridgehead atoms. The average Bonchev–Trinajstić information content (AvgIpc) is 3.15. The van der Waals surface area contributed by atoms with Gasteiger partial charge in [0.1, 0.15) is 6.61 Å². The van der Waals surface area contributed by atoms with Gasteiger partial charge >= 0.3 is 0 Å². The van der Waals surface area contributed by atoms with E-state index in [1.165, 1.54) is 5.56 Å². The van der Waals surface area contributed by atoms with E-state index in [4.69, 9.17) is 4.74 Å². The van der Waals surface area contributed by atoms with Gasteiger partial charge in [-0.25, -0.2) is 0 Å². The maximum Gasteiger partial charge on any atom is 0.254 e. The van der Waals surface area contributed by atoms with Crippen LogP contribution in [0.15, 0.2) is 78.9 Å². The zero-order valence-electron chi connectivity index (χ0n) is 18.3. The molecule has 0 fully saturated rings. The summed E-state index contributed by atoms with van der Waals surface area (Å²) in [6.07, 6.45) is 3.20. The molecular weight excluding hydrogens is 398 g/mol. The molecule has 4 nitrogen and oxygen atoms in total. The van der Waals surface area contributed by atoms with Gasteiger partial charge in [0.2, 0.25) is 0 Å². The topological polar surface area (TPSA) is 46.6 Å². The molecule has 1 aliphatic rings. The van der Waals surface area contributed by atoms with Crippen molar-refractivity contribution in [2.75, 3.05) is 13.2 Å². The number of benzene rings is 3. The van der Waals surface area contributed by atoms with Crippen molar-refractivity contribution in [2.24, 2.45) is 0 Å². The van der Waals surface area contributed by atoms with Crippen LogP contribution in [0.1, 0.15) is 47.2 Å². The Kier molecular flexibility index (Phi) is 7.47. The number of unbranched alkanes of at least 4 members (excludes halogenated alkanes) is 2.